The van der Waals surface area contributed by atoms with Crippen LogP contribution in [0.4, 0.5) is 0 Å². The molecule has 0 bridgehead atoms. The van der Waals surface area contributed by atoms with Crippen LogP contribution >= 0.6 is 0 Å². The summed E-state index contributed by atoms with van der Waals surface area (Å²) in [7, 11) is -0.976. The number of hydrogen-bond acceptors (Lipinski definition) is 4. The molecule has 0 fully saturated rings. The first-order valence-corrected chi connectivity index (χ1v) is 6.11. The molecule has 2 unspecified atom stereocenters. The van der Waals surface area contributed by atoms with Gasteiger partial charge in [-0.25, -0.2) is 0 Å². The maximum atomic E-state index is 9.96. The van der Waals surface area contributed by atoms with E-state index in [9.17, 15) is 10.1 Å². The van der Waals surface area contributed by atoms with Gasteiger partial charge in [0.1, 0.15) is 25.0 Å². The van der Waals surface area contributed by atoms with Crippen LogP contribution in [-0.2, 0) is 4.65 Å². The molecule has 1 aliphatic rings. The van der Waals surface area contributed by atoms with Gasteiger partial charge in [-0.15, -0.1) is 0 Å². The molecule has 0 saturated carbocycles. The van der Waals surface area contributed by atoms with Crippen LogP contribution in [0.25, 0.3) is 0 Å². The second-order valence-corrected chi connectivity index (χ2v) is 4.63. The van der Waals surface area contributed by atoms with Crippen LogP contribution in [0, 0.1) is 6.92 Å². The van der Waals surface area contributed by atoms with E-state index >= 15 is 0 Å². The zero-order chi connectivity index (χ0) is 13.3. The first-order valence-electron chi connectivity index (χ1n) is 6.11. The Bertz CT molecular complexity index is 438. The van der Waals surface area contributed by atoms with E-state index in [0.717, 1.165) is 11.1 Å². The van der Waals surface area contributed by atoms with E-state index in [-0.39, 0.29) is 12.7 Å². The summed E-state index contributed by atoms with van der Waals surface area (Å²) in [6, 6.07) is 3.73. The van der Waals surface area contributed by atoms with E-state index in [1.807, 2.05) is 13.0 Å². The number of rotatable bonds is 4. The Morgan fingerprint density at radius 3 is 2.89 bits per heavy atom. The van der Waals surface area contributed by atoms with Crippen molar-refractivity contribution in [1.82, 2.24) is 0 Å². The van der Waals surface area contributed by atoms with Crippen LogP contribution in [-0.4, -0.2) is 36.5 Å². The van der Waals surface area contributed by atoms with Crippen LogP contribution in [0.1, 0.15) is 24.2 Å². The van der Waals surface area contributed by atoms with Gasteiger partial charge < -0.3 is 25.3 Å². The van der Waals surface area contributed by atoms with Crippen molar-refractivity contribution in [3.63, 3.8) is 0 Å². The average Bonchev–Trinajstić information content (AvgIpc) is 2.67. The molecule has 0 aliphatic carbocycles. The first kappa shape index (κ1) is 13.4. The number of aliphatic hydroxyl groups excluding tert-OH is 1. The van der Waals surface area contributed by atoms with Gasteiger partial charge in [0.2, 0.25) is 0 Å². The third-order valence-corrected chi connectivity index (χ3v) is 3.07. The predicted molar refractivity (Wildman–Crippen MR) is 67.5 cm³/mol. The SMILES string of the molecule is Cc1ccc(OCC(C)O)c2c1C(C[NH3+])OB2O. The summed E-state index contributed by atoms with van der Waals surface area (Å²) in [5.41, 5.74) is 6.51. The highest BCUT2D eigenvalue weighted by molar-refractivity contribution is 6.63. The van der Waals surface area contributed by atoms with Crippen molar-refractivity contribution >= 4 is 12.6 Å². The Labute approximate surface area is 107 Å². The van der Waals surface area contributed by atoms with Crippen molar-refractivity contribution in [3.05, 3.63) is 23.3 Å². The first-order chi connectivity index (χ1) is 8.54. The molecule has 2 atom stereocenters. The van der Waals surface area contributed by atoms with E-state index in [0.29, 0.717) is 17.8 Å². The standard InChI is InChI=1S/C12H18BNO4/c1-7-3-4-9(17-6-8(2)15)12-11(7)10(5-14)18-13(12)16/h3-4,8,10,15-16H,5-6,14H2,1-2H3/p+1. The number of aliphatic hydroxyl groups is 1. The lowest BCUT2D eigenvalue weighted by molar-refractivity contribution is -0.383. The Morgan fingerprint density at radius 1 is 1.56 bits per heavy atom. The number of benzene rings is 1. The Balaban J connectivity index is 2.36. The van der Waals surface area contributed by atoms with Gasteiger partial charge in [0, 0.05) is 5.46 Å². The minimum Gasteiger partial charge on any atom is -0.491 e. The Morgan fingerprint density at radius 2 is 2.28 bits per heavy atom. The highest BCUT2D eigenvalue weighted by Gasteiger charge is 2.39. The third-order valence-electron chi connectivity index (χ3n) is 3.07. The van der Waals surface area contributed by atoms with Gasteiger partial charge in [-0.2, -0.15) is 0 Å². The molecule has 1 aliphatic heterocycles. The molecule has 0 radical (unpaired) electrons. The molecule has 0 saturated heterocycles. The average molecular weight is 252 g/mol. The number of fused-ring (bicyclic) bond motifs is 1. The summed E-state index contributed by atoms with van der Waals surface area (Å²) in [4.78, 5) is 0. The van der Waals surface area contributed by atoms with Crippen LogP contribution in [0.3, 0.4) is 0 Å². The van der Waals surface area contributed by atoms with Crippen LogP contribution in [0.15, 0.2) is 12.1 Å². The molecule has 2 rings (SSSR count). The normalized spacial score (nSPS) is 19.8. The topological polar surface area (TPSA) is 86.6 Å². The highest BCUT2D eigenvalue weighted by atomic mass is 16.5. The number of hydrogen-bond donors (Lipinski definition) is 3. The molecule has 1 aromatic carbocycles. The van der Waals surface area contributed by atoms with Crippen molar-refractivity contribution in [2.45, 2.75) is 26.1 Å². The smallest absolute Gasteiger partial charge is 0.491 e. The molecule has 98 valence electrons. The summed E-state index contributed by atoms with van der Waals surface area (Å²) >= 11 is 0. The van der Waals surface area contributed by atoms with Crippen molar-refractivity contribution < 1.29 is 25.3 Å². The Hall–Kier alpha value is -1.08. The zero-order valence-electron chi connectivity index (χ0n) is 10.7. The van der Waals surface area contributed by atoms with Crippen molar-refractivity contribution in [3.8, 4) is 5.75 Å². The van der Waals surface area contributed by atoms with E-state index in [2.05, 4.69) is 5.73 Å². The fourth-order valence-corrected chi connectivity index (χ4v) is 2.25. The molecule has 0 spiro atoms. The Kier molecular flexibility index (Phi) is 3.92. The molecule has 0 aromatic heterocycles. The molecule has 5 N–H and O–H groups in total. The fourth-order valence-electron chi connectivity index (χ4n) is 2.25. The molecule has 1 aromatic rings. The van der Waals surface area contributed by atoms with Gasteiger partial charge in [-0.1, -0.05) is 6.07 Å². The monoisotopic (exact) mass is 252 g/mol. The molecule has 18 heavy (non-hydrogen) atoms. The molecule has 0 amide bonds. The van der Waals surface area contributed by atoms with Gasteiger partial charge in [-0.3, -0.25) is 0 Å². The molecular formula is C12H19BNO4+. The molecule has 6 heteroatoms. The van der Waals surface area contributed by atoms with Gasteiger partial charge in [-0.05, 0) is 31.0 Å². The summed E-state index contributed by atoms with van der Waals surface area (Å²) in [5, 5.41) is 19.2. The van der Waals surface area contributed by atoms with Gasteiger partial charge >= 0.3 is 7.12 Å². The van der Waals surface area contributed by atoms with Gasteiger partial charge in [0.15, 0.2) is 0 Å². The maximum absolute atomic E-state index is 9.96. The number of aryl methyl sites for hydroxylation is 1. The third kappa shape index (κ3) is 2.37. The lowest BCUT2D eigenvalue weighted by Crippen LogP contribution is -2.53. The van der Waals surface area contributed by atoms with Crippen molar-refractivity contribution in [2.24, 2.45) is 0 Å². The second kappa shape index (κ2) is 5.28. The quantitative estimate of drug-likeness (QED) is 0.585. The summed E-state index contributed by atoms with van der Waals surface area (Å²) in [6.07, 6.45) is -0.741. The second-order valence-electron chi connectivity index (χ2n) is 4.63. The minimum absolute atomic E-state index is 0.190. The van der Waals surface area contributed by atoms with Gasteiger partial charge in [0.05, 0.1) is 6.10 Å². The maximum Gasteiger partial charge on any atom is 0.496 e. The molecule has 5 nitrogen and oxygen atoms in total. The van der Waals surface area contributed by atoms with Crippen LogP contribution < -0.4 is 15.9 Å². The lowest BCUT2D eigenvalue weighted by atomic mass is 9.77. The van der Waals surface area contributed by atoms with E-state index in [1.165, 1.54) is 0 Å². The zero-order valence-corrected chi connectivity index (χ0v) is 10.7. The van der Waals surface area contributed by atoms with Crippen LogP contribution in [0.2, 0.25) is 0 Å². The van der Waals surface area contributed by atoms with E-state index in [4.69, 9.17) is 9.39 Å². The minimum atomic E-state index is -0.976. The largest absolute Gasteiger partial charge is 0.496 e. The fraction of sp³-hybridized carbons (Fsp3) is 0.500. The van der Waals surface area contributed by atoms with E-state index < -0.39 is 13.2 Å². The predicted octanol–water partition coefficient (Wildman–Crippen LogP) is -1.24. The van der Waals surface area contributed by atoms with E-state index in [1.54, 1.807) is 13.0 Å². The molecule has 1 heterocycles. The summed E-state index contributed by atoms with van der Waals surface area (Å²) in [5.74, 6) is 0.569. The molecular weight excluding hydrogens is 233 g/mol. The summed E-state index contributed by atoms with van der Waals surface area (Å²) < 4.78 is 11.0. The highest BCUT2D eigenvalue weighted by Crippen LogP contribution is 2.29. The number of quaternary nitrogens is 1. The lowest BCUT2D eigenvalue weighted by Gasteiger charge is -2.14. The van der Waals surface area contributed by atoms with Crippen molar-refractivity contribution in [2.75, 3.05) is 13.2 Å². The number of ether oxygens (including phenoxy) is 1. The van der Waals surface area contributed by atoms with Crippen LogP contribution in [0.5, 0.6) is 5.75 Å². The summed E-state index contributed by atoms with van der Waals surface area (Å²) in [6.45, 7) is 4.38. The van der Waals surface area contributed by atoms with Crippen molar-refractivity contribution in [1.29, 1.82) is 0 Å². The van der Waals surface area contributed by atoms with Gasteiger partial charge in [0.25, 0.3) is 0 Å².